The number of anilines is 1. The van der Waals surface area contributed by atoms with Gasteiger partial charge in [-0.3, -0.25) is 9.59 Å². The molecule has 2 atom stereocenters. The van der Waals surface area contributed by atoms with E-state index in [-0.39, 0.29) is 35.9 Å². The molecule has 2 aromatic carbocycles. The van der Waals surface area contributed by atoms with Crippen molar-refractivity contribution in [2.45, 2.75) is 30.9 Å². The summed E-state index contributed by atoms with van der Waals surface area (Å²) in [5.74, 6) is -5.44. The average Bonchev–Trinajstić information content (AvgIpc) is 2.67. The van der Waals surface area contributed by atoms with Crippen molar-refractivity contribution in [3.8, 4) is 0 Å². The summed E-state index contributed by atoms with van der Waals surface area (Å²) < 4.78 is 45.8. The Hall–Kier alpha value is -2.29. The molecule has 10 heteroatoms. The fourth-order valence-electron chi connectivity index (χ4n) is 3.70. The number of benzene rings is 2. The summed E-state index contributed by atoms with van der Waals surface area (Å²) >= 11 is 12.0. The lowest BCUT2D eigenvalue weighted by atomic mass is 9.75. The number of aliphatic carboxylic acids is 1. The minimum Gasteiger partial charge on any atom is -0.481 e. The van der Waals surface area contributed by atoms with Crippen LogP contribution in [0.3, 0.4) is 0 Å². The van der Waals surface area contributed by atoms with Crippen LogP contribution in [0.1, 0.15) is 30.4 Å². The molecule has 1 aliphatic rings. The molecule has 2 aromatic rings. The van der Waals surface area contributed by atoms with Crippen LogP contribution in [0.2, 0.25) is 10.0 Å². The van der Waals surface area contributed by atoms with Crippen molar-refractivity contribution in [3.05, 3.63) is 63.6 Å². The van der Waals surface area contributed by atoms with Gasteiger partial charge in [0.2, 0.25) is 5.91 Å². The largest absolute Gasteiger partial charge is 0.481 e. The summed E-state index contributed by atoms with van der Waals surface area (Å²) in [6.07, 6.45) is -4.82. The number of hydrogen-bond acceptors (Lipinski definition) is 3. The highest BCUT2D eigenvalue weighted by atomic mass is 35.5. The molecule has 5 nitrogen and oxygen atoms in total. The van der Waals surface area contributed by atoms with E-state index in [0.717, 1.165) is 6.92 Å². The second kappa shape index (κ2) is 9.29. The molecule has 1 heterocycles. The maximum atomic E-state index is 13.5. The molecule has 32 heavy (non-hydrogen) atoms. The van der Waals surface area contributed by atoms with E-state index in [2.05, 4.69) is 5.32 Å². The maximum absolute atomic E-state index is 13.5. The van der Waals surface area contributed by atoms with Crippen molar-refractivity contribution >= 4 is 40.8 Å². The lowest BCUT2D eigenvalue weighted by Crippen LogP contribution is -2.48. The molecular weight excluding hydrogens is 470 g/mol. The molecule has 0 bridgehead atoms. The van der Waals surface area contributed by atoms with Crippen molar-refractivity contribution in [3.63, 3.8) is 0 Å². The SMILES string of the molecule is C[C@H]([C@H](C(=O)Nc1cc(C2(CC(=O)O)COC2)ccc1Cl)c1ccc(Cl)cc1)C(F)(F)F. The van der Waals surface area contributed by atoms with E-state index < -0.39 is 35.3 Å². The van der Waals surface area contributed by atoms with Gasteiger partial charge in [-0.25, -0.2) is 0 Å². The predicted octanol–water partition coefficient (Wildman–Crippen LogP) is 5.66. The number of carbonyl (C=O) groups excluding carboxylic acids is 1. The van der Waals surface area contributed by atoms with Gasteiger partial charge in [0.1, 0.15) is 0 Å². The number of ether oxygens (including phenoxy) is 1. The van der Waals surface area contributed by atoms with Crippen LogP contribution >= 0.6 is 23.2 Å². The normalized spacial score (nSPS) is 17.2. The first-order valence-corrected chi connectivity index (χ1v) is 10.4. The van der Waals surface area contributed by atoms with Crippen LogP contribution in [0.25, 0.3) is 0 Å². The van der Waals surface area contributed by atoms with Crippen LogP contribution in [-0.2, 0) is 19.7 Å². The number of halogens is 5. The zero-order valence-corrected chi connectivity index (χ0v) is 18.4. The quantitative estimate of drug-likeness (QED) is 0.526. The molecule has 172 valence electrons. The summed E-state index contributed by atoms with van der Waals surface area (Å²) in [5, 5.41) is 12.2. The number of carbonyl (C=O) groups is 2. The van der Waals surface area contributed by atoms with E-state index in [4.69, 9.17) is 27.9 Å². The lowest BCUT2D eigenvalue weighted by molar-refractivity contribution is -0.178. The molecule has 0 spiro atoms. The van der Waals surface area contributed by atoms with Crippen molar-refractivity contribution in [2.75, 3.05) is 18.5 Å². The summed E-state index contributed by atoms with van der Waals surface area (Å²) in [5.41, 5.74) is 0.0285. The third-order valence-corrected chi connectivity index (χ3v) is 6.19. The Balaban J connectivity index is 1.94. The first-order valence-electron chi connectivity index (χ1n) is 9.65. The standard InChI is InChI=1S/C22H20Cl2F3NO4/c1-12(22(25,26)27)19(13-2-5-15(23)6-3-13)20(31)28-17-8-14(4-7-16(17)24)21(9-18(29)30)10-32-11-21/h2-8,12,19H,9-11H2,1H3,(H,28,31)(H,29,30)/t12-,19+/m1/s1. The molecule has 0 radical (unpaired) electrons. The number of carboxylic acid groups (broad SMARTS) is 1. The van der Waals surface area contributed by atoms with Gasteiger partial charge in [-0.2, -0.15) is 13.2 Å². The van der Waals surface area contributed by atoms with Crippen LogP contribution in [0, 0.1) is 5.92 Å². The van der Waals surface area contributed by atoms with Gasteiger partial charge in [0.25, 0.3) is 0 Å². The van der Waals surface area contributed by atoms with Crippen LogP contribution in [-0.4, -0.2) is 36.4 Å². The smallest absolute Gasteiger partial charge is 0.392 e. The second-order valence-electron chi connectivity index (χ2n) is 7.89. The Kier molecular flexibility index (Phi) is 7.07. The Bertz CT molecular complexity index is 1010. The highest BCUT2D eigenvalue weighted by molar-refractivity contribution is 6.33. The number of nitrogens with one attached hydrogen (secondary N) is 1. The summed E-state index contributed by atoms with van der Waals surface area (Å²) in [7, 11) is 0. The Labute approximate surface area is 192 Å². The van der Waals surface area contributed by atoms with Crippen molar-refractivity contribution in [1.29, 1.82) is 0 Å². The molecule has 1 fully saturated rings. The van der Waals surface area contributed by atoms with Gasteiger partial charge in [-0.05, 0) is 35.4 Å². The monoisotopic (exact) mass is 489 g/mol. The van der Waals surface area contributed by atoms with E-state index in [9.17, 15) is 27.9 Å². The lowest BCUT2D eigenvalue weighted by Gasteiger charge is -2.41. The van der Waals surface area contributed by atoms with Gasteiger partial charge in [0.05, 0.1) is 47.6 Å². The fraction of sp³-hybridized carbons (Fsp3) is 0.364. The average molecular weight is 490 g/mol. The zero-order valence-electron chi connectivity index (χ0n) is 16.9. The van der Waals surface area contributed by atoms with Gasteiger partial charge in [0, 0.05) is 5.02 Å². The number of amides is 1. The number of alkyl halides is 3. The summed E-state index contributed by atoms with van der Waals surface area (Å²) in [6.45, 7) is 1.28. The number of hydrogen-bond donors (Lipinski definition) is 2. The van der Waals surface area contributed by atoms with Crippen molar-refractivity contribution < 1.29 is 32.6 Å². The van der Waals surface area contributed by atoms with Gasteiger partial charge in [0.15, 0.2) is 0 Å². The molecule has 1 aliphatic heterocycles. The van der Waals surface area contributed by atoms with Crippen LogP contribution in [0.4, 0.5) is 18.9 Å². The topological polar surface area (TPSA) is 75.6 Å². The van der Waals surface area contributed by atoms with Crippen molar-refractivity contribution in [1.82, 2.24) is 0 Å². The number of carboxylic acids is 1. The van der Waals surface area contributed by atoms with E-state index in [1.807, 2.05) is 0 Å². The summed E-state index contributed by atoms with van der Waals surface area (Å²) in [4.78, 5) is 24.3. The predicted molar refractivity (Wildman–Crippen MR) is 114 cm³/mol. The molecular formula is C22H20Cl2F3NO4. The third kappa shape index (κ3) is 5.19. The maximum Gasteiger partial charge on any atom is 0.392 e. The molecule has 0 aromatic heterocycles. The van der Waals surface area contributed by atoms with Crippen LogP contribution < -0.4 is 5.32 Å². The number of rotatable bonds is 7. The fourth-order valence-corrected chi connectivity index (χ4v) is 3.99. The van der Waals surface area contributed by atoms with Gasteiger partial charge in [-0.15, -0.1) is 0 Å². The third-order valence-electron chi connectivity index (χ3n) is 5.61. The Morgan fingerprint density at radius 3 is 2.28 bits per heavy atom. The van der Waals surface area contributed by atoms with E-state index >= 15 is 0 Å². The molecule has 0 aliphatic carbocycles. The Morgan fingerprint density at radius 2 is 1.78 bits per heavy atom. The van der Waals surface area contributed by atoms with Crippen LogP contribution in [0.5, 0.6) is 0 Å². The van der Waals surface area contributed by atoms with E-state index in [0.29, 0.717) is 10.6 Å². The van der Waals surface area contributed by atoms with E-state index in [1.54, 1.807) is 6.07 Å². The van der Waals surface area contributed by atoms with Crippen LogP contribution in [0.15, 0.2) is 42.5 Å². The Morgan fingerprint density at radius 1 is 1.16 bits per heavy atom. The molecule has 0 saturated carbocycles. The van der Waals surface area contributed by atoms with Gasteiger partial charge >= 0.3 is 12.1 Å². The zero-order chi connectivity index (χ0) is 23.7. The molecule has 3 rings (SSSR count). The highest BCUT2D eigenvalue weighted by Gasteiger charge is 2.45. The van der Waals surface area contributed by atoms with Gasteiger partial charge in [-0.1, -0.05) is 48.3 Å². The summed E-state index contributed by atoms with van der Waals surface area (Å²) in [6, 6.07) is 10.2. The van der Waals surface area contributed by atoms with E-state index in [1.165, 1.54) is 36.4 Å². The molecule has 1 amide bonds. The molecule has 1 saturated heterocycles. The minimum atomic E-state index is -4.62. The first-order chi connectivity index (χ1) is 14.9. The first kappa shape index (κ1) is 24.4. The highest BCUT2D eigenvalue weighted by Crippen LogP contribution is 2.41. The second-order valence-corrected chi connectivity index (χ2v) is 8.73. The van der Waals surface area contributed by atoms with Gasteiger partial charge < -0.3 is 15.2 Å². The molecule has 0 unspecified atom stereocenters. The molecule has 2 N–H and O–H groups in total. The minimum absolute atomic E-state index is 0.0965. The van der Waals surface area contributed by atoms with Crippen molar-refractivity contribution in [2.24, 2.45) is 5.92 Å².